The molecule has 1 amide bonds. The first kappa shape index (κ1) is 20.2. The molecule has 2 aromatic carbocycles. The second kappa shape index (κ2) is 9.12. The number of hydrogen-bond acceptors (Lipinski definition) is 5. The summed E-state index contributed by atoms with van der Waals surface area (Å²) in [5.41, 5.74) is 1.81. The number of rotatable bonds is 7. The van der Waals surface area contributed by atoms with Crippen LogP contribution in [-0.4, -0.2) is 33.5 Å². The molecule has 0 radical (unpaired) electrons. The van der Waals surface area contributed by atoms with Crippen molar-refractivity contribution in [1.29, 1.82) is 0 Å². The van der Waals surface area contributed by atoms with Crippen LogP contribution in [0.15, 0.2) is 53.7 Å². The predicted molar refractivity (Wildman–Crippen MR) is 112 cm³/mol. The Morgan fingerprint density at radius 2 is 2.00 bits per heavy atom. The average Bonchev–Trinajstić information content (AvgIpc) is 3.07. The minimum absolute atomic E-state index is 0.0555. The summed E-state index contributed by atoms with van der Waals surface area (Å²) in [6, 6.07) is 15.1. The minimum atomic E-state index is -0.0637. The van der Waals surface area contributed by atoms with E-state index in [1.165, 1.54) is 11.8 Å². The quantitative estimate of drug-likeness (QED) is 0.587. The van der Waals surface area contributed by atoms with Crippen molar-refractivity contribution >= 4 is 29.3 Å². The van der Waals surface area contributed by atoms with Gasteiger partial charge in [0.05, 0.1) is 24.5 Å². The summed E-state index contributed by atoms with van der Waals surface area (Å²) in [5.74, 6) is 1.47. The van der Waals surface area contributed by atoms with E-state index in [1.807, 2.05) is 48.9 Å². The molecule has 28 heavy (non-hydrogen) atoms. The lowest BCUT2D eigenvalue weighted by atomic mass is 10.1. The SMILES string of the molecule is COc1ccc(Cl)cc1-c1nnc(SCC(=O)NC(C)c2ccccc2)n1C. The molecule has 0 aliphatic rings. The van der Waals surface area contributed by atoms with Gasteiger partial charge in [0.1, 0.15) is 5.75 Å². The Labute approximate surface area is 173 Å². The summed E-state index contributed by atoms with van der Waals surface area (Å²) in [5, 5.41) is 12.7. The summed E-state index contributed by atoms with van der Waals surface area (Å²) < 4.78 is 7.22. The fraction of sp³-hybridized carbons (Fsp3) is 0.250. The number of thioether (sulfide) groups is 1. The van der Waals surface area contributed by atoms with Crippen LogP contribution in [-0.2, 0) is 11.8 Å². The van der Waals surface area contributed by atoms with E-state index in [4.69, 9.17) is 16.3 Å². The van der Waals surface area contributed by atoms with Crippen LogP contribution in [0.1, 0.15) is 18.5 Å². The molecular weight excluding hydrogens is 396 g/mol. The van der Waals surface area contributed by atoms with Crippen molar-refractivity contribution in [1.82, 2.24) is 20.1 Å². The Morgan fingerprint density at radius 1 is 1.25 bits per heavy atom. The highest BCUT2D eigenvalue weighted by atomic mass is 35.5. The molecule has 1 N–H and O–H groups in total. The van der Waals surface area contributed by atoms with Crippen LogP contribution in [0.5, 0.6) is 5.75 Å². The summed E-state index contributed by atoms with van der Waals surface area (Å²) >= 11 is 7.44. The van der Waals surface area contributed by atoms with E-state index in [0.717, 1.165) is 11.1 Å². The van der Waals surface area contributed by atoms with E-state index in [2.05, 4.69) is 15.5 Å². The second-order valence-electron chi connectivity index (χ2n) is 6.20. The van der Waals surface area contributed by atoms with Gasteiger partial charge in [-0.2, -0.15) is 0 Å². The van der Waals surface area contributed by atoms with E-state index < -0.39 is 0 Å². The van der Waals surface area contributed by atoms with Gasteiger partial charge < -0.3 is 14.6 Å². The van der Waals surface area contributed by atoms with Crippen molar-refractivity contribution in [3.63, 3.8) is 0 Å². The number of aromatic nitrogens is 3. The average molecular weight is 417 g/mol. The maximum absolute atomic E-state index is 12.3. The third-order valence-electron chi connectivity index (χ3n) is 4.25. The Balaban J connectivity index is 1.66. The van der Waals surface area contributed by atoms with Crippen molar-refractivity contribution < 1.29 is 9.53 Å². The normalized spacial score (nSPS) is 11.9. The highest BCUT2D eigenvalue weighted by molar-refractivity contribution is 7.99. The fourth-order valence-corrected chi connectivity index (χ4v) is 3.66. The molecule has 0 aliphatic carbocycles. The van der Waals surface area contributed by atoms with E-state index in [1.54, 1.807) is 25.3 Å². The summed E-state index contributed by atoms with van der Waals surface area (Å²) in [6.07, 6.45) is 0. The van der Waals surface area contributed by atoms with Crippen LogP contribution >= 0.6 is 23.4 Å². The van der Waals surface area contributed by atoms with Crippen molar-refractivity contribution in [3.05, 3.63) is 59.1 Å². The third kappa shape index (κ3) is 4.66. The van der Waals surface area contributed by atoms with Crippen molar-refractivity contribution in [2.45, 2.75) is 18.1 Å². The van der Waals surface area contributed by atoms with Gasteiger partial charge in [0.25, 0.3) is 0 Å². The number of carbonyl (C=O) groups excluding carboxylic acids is 1. The molecule has 0 fully saturated rings. The van der Waals surface area contributed by atoms with Crippen molar-refractivity contribution in [2.75, 3.05) is 12.9 Å². The van der Waals surface area contributed by atoms with Gasteiger partial charge in [-0.3, -0.25) is 4.79 Å². The second-order valence-corrected chi connectivity index (χ2v) is 7.58. The minimum Gasteiger partial charge on any atom is -0.496 e. The molecule has 1 unspecified atom stereocenters. The smallest absolute Gasteiger partial charge is 0.230 e. The van der Waals surface area contributed by atoms with Crippen LogP contribution in [0.3, 0.4) is 0 Å². The molecule has 3 aromatic rings. The summed E-state index contributed by atoms with van der Waals surface area (Å²) in [4.78, 5) is 12.3. The number of benzene rings is 2. The molecule has 0 saturated heterocycles. The molecular formula is C20H21ClN4O2S. The molecule has 146 valence electrons. The maximum atomic E-state index is 12.3. The Kier molecular flexibility index (Phi) is 6.59. The maximum Gasteiger partial charge on any atom is 0.230 e. The van der Waals surface area contributed by atoms with E-state index in [9.17, 15) is 4.79 Å². The fourth-order valence-electron chi connectivity index (χ4n) is 2.77. The number of amides is 1. The zero-order chi connectivity index (χ0) is 20.1. The Morgan fingerprint density at radius 3 is 2.71 bits per heavy atom. The monoisotopic (exact) mass is 416 g/mol. The molecule has 6 nitrogen and oxygen atoms in total. The van der Waals surface area contributed by atoms with Crippen LogP contribution in [0.2, 0.25) is 5.02 Å². The standard InChI is InChI=1S/C20H21ClN4O2S/c1-13(14-7-5-4-6-8-14)22-18(26)12-28-20-24-23-19(25(20)2)16-11-15(21)9-10-17(16)27-3/h4-11,13H,12H2,1-3H3,(H,22,26). The molecule has 3 rings (SSSR count). The number of ether oxygens (including phenoxy) is 1. The predicted octanol–water partition coefficient (Wildman–Crippen LogP) is 4.11. The van der Waals surface area contributed by atoms with Gasteiger partial charge in [-0.15, -0.1) is 10.2 Å². The van der Waals surface area contributed by atoms with Crippen LogP contribution < -0.4 is 10.1 Å². The van der Waals surface area contributed by atoms with Gasteiger partial charge in [0.15, 0.2) is 11.0 Å². The first-order chi connectivity index (χ1) is 13.5. The van der Waals surface area contributed by atoms with Gasteiger partial charge in [-0.05, 0) is 30.7 Å². The highest BCUT2D eigenvalue weighted by Crippen LogP contribution is 2.32. The van der Waals surface area contributed by atoms with E-state index in [0.29, 0.717) is 21.8 Å². The lowest BCUT2D eigenvalue weighted by molar-refractivity contribution is -0.119. The largest absolute Gasteiger partial charge is 0.496 e. The number of nitrogens with zero attached hydrogens (tertiary/aromatic N) is 3. The Hall–Kier alpha value is -2.51. The van der Waals surface area contributed by atoms with Crippen molar-refractivity contribution in [2.24, 2.45) is 7.05 Å². The topological polar surface area (TPSA) is 69.0 Å². The lowest BCUT2D eigenvalue weighted by Gasteiger charge is -2.14. The van der Waals surface area contributed by atoms with E-state index >= 15 is 0 Å². The highest BCUT2D eigenvalue weighted by Gasteiger charge is 2.17. The zero-order valence-electron chi connectivity index (χ0n) is 15.8. The van der Waals surface area contributed by atoms with Crippen LogP contribution in [0.4, 0.5) is 0 Å². The molecule has 1 aromatic heterocycles. The van der Waals surface area contributed by atoms with Gasteiger partial charge in [0.2, 0.25) is 5.91 Å². The summed E-state index contributed by atoms with van der Waals surface area (Å²) in [7, 11) is 3.44. The summed E-state index contributed by atoms with van der Waals surface area (Å²) in [6.45, 7) is 1.96. The van der Waals surface area contributed by atoms with Gasteiger partial charge in [-0.25, -0.2) is 0 Å². The molecule has 0 spiro atoms. The zero-order valence-corrected chi connectivity index (χ0v) is 17.4. The lowest BCUT2D eigenvalue weighted by Crippen LogP contribution is -2.28. The molecule has 8 heteroatoms. The number of methoxy groups -OCH3 is 1. The van der Waals surface area contributed by atoms with Gasteiger partial charge >= 0.3 is 0 Å². The van der Waals surface area contributed by atoms with E-state index in [-0.39, 0.29) is 17.7 Å². The molecule has 1 heterocycles. The van der Waals surface area contributed by atoms with Crippen LogP contribution in [0.25, 0.3) is 11.4 Å². The van der Waals surface area contributed by atoms with Gasteiger partial charge in [0, 0.05) is 12.1 Å². The Bertz CT molecular complexity index is 962. The molecule has 0 bridgehead atoms. The molecule has 0 aliphatic heterocycles. The number of nitrogens with one attached hydrogen (secondary N) is 1. The molecule has 0 saturated carbocycles. The van der Waals surface area contributed by atoms with Crippen LogP contribution in [0, 0.1) is 0 Å². The first-order valence-electron chi connectivity index (χ1n) is 8.70. The molecule has 1 atom stereocenters. The first-order valence-corrected chi connectivity index (χ1v) is 10.1. The number of halogens is 1. The third-order valence-corrected chi connectivity index (χ3v) is 5.50. The van der Waals surface area contributed by atoms with Crippen molar-refractivity contribution in [3.8, 4) is 17.1 Å². The number of carbonyl (C=O) groups is 1. The number of hydrogen-bond donors (Lipinski definition) is 1. The van der Waals surface area contributed by atoms with Gasteiger partial charge in [-0.1, -0.05) is 53.7 Å².